The zero-order chi connectivity index (χ0) is 19.2. The fourth-order valence-corrected chi connectivity index (χ4v) is 4.32. The van der Waals surface area contributed by atoms with Crippen molar-refractivity contribution in [3.63, 3.8) is 0 Å². The molecule has 0 radical (unpaired) electrons. The number of nitrogens with two attached hydrogens (primary N) is 1. The summed E-state index contributed by atoms with van der Waals surface area (Å²) in [6.45, 7) is 1.60. The van der Waals surface area contributed by atoms with E-state index in [2.05, 4.69) is 15.4 Å². The smallest absolute Gasteiger partial charge is 0.280 e. The molecule has 3 aromatic rings. The number of pyridine rings is 1. The third kappa shape index (κ3) is 3.28. The molecule has 0 fully saturated rings. The number of carbonyl (C=O) groups excluding carboxylic acids is 2. The molecule has 3 rings (SSSR count). The summed E-state index contributed by atoms with van der Waals surface area (Å²) in [6, 6.07) is 1.23. The molecule has 2 amide bonds. The van der Waals surface area contributed by atoms with Crippen molar-refractivity contribution in [2.45, 2.75) is 13.3 Å². The van der Waals surface area contributed by atoms with Crippen molar-refractivity contribution in [3.8, 4) is 0 Å². The van der Waals surface area contributed by atoms with Crippen LogP contribution in [0.4, 0.5) is 14.5 Å². The van der Waals surface area contributed by atoms with E-state index in [0.29, 0.717) is 14.5 Å². The van der Waals surface area contributed by atoms with Gasteiger partial charge in [-0.25, -0.2) is 13.8 Å². The Bertz CT molecular complexity index is 1050. The summed E-state index contributed by atoms with van der Waals surface area (Å²) in [5, 5.41) is 7.12. The second kappa shape index (κ2) is 6.87. The van der Waals surface area contributed by atoms with Crippen LogP contribution in [0.3, 0.4) is 0 Å². The van der Waals surface area contributed by atoms with Gasteiger partial charge in [0.05, 0.1) is 9.26 Å². The molecule has 3 aromatic heterocycles. The molecule has 0 aliphatic rings. The normalized spacial score (nSPS) is 11.3. The van der Waals surface area contributed by atoms with Crippen molar-refractivity contribution < 1.29 is 18.4 Å². The minimum absolute atomic E-state index is 0.0429. The van der Waals surface area contributed by atoms with Gasteiger partial charge in [-0.05, 0) is 41.1 Å². The van der Waals surface area contributed by atoms with Crippen LogP contribution in [0, 0.1) is 10.5 Å². The molecule has 0 aliphatic carbocycles. The first-order valence-corrected chi connectivity index (χ1v) is 9.11. The van der Waals surface area contributed by atoms with Gasteiger partial charge in [-0.15, -0.1) is 11.3 Å². The van der Waals surface area contributed by atoms with E-state index in [0.717, 1.165) is 11.3 Å². The standard InChI is InChI=1S/C15H12F2IN5O2S/c1-5-3-7(12(16)17)20-15-8(5)10(11(26-15)13(19)24)21-14(25)9-6(18)4-23(2)22-9/h3-4,12H,1-2H3,(H2,19,24)(H,21,25). The van der Waals surface area contributed by atoms with E-state index in [9.17, 15) is 18.4 Å². The number of nitrogens with one attached hydrogen (secondary N) is 1. The summed E-state index contributed by atoms with van der Waals surface area (Å²) < 4.78 is 28.1. The highest BCUT2D eigenvalue weighted by Crippen LogP contribution is 2.38. The summed E-state index contributed by atoms with van der Waals surface area (Å²) >= 11 is 2.83. The lowest BCUT2D eigenvalue weighted by atomic mass is 10.1. The molecule has 11 heteroatoms. The number of alkyl halides is 2. The molecule has 0 saturated heterocycles. The fourth-order valence-electron chi connectivity index (χ4n) is 2.50. The van der Waals surface area contributed by atoms with E-state index >= 15 is 0 Å². The summed E-state index contributed by atoms with van der Waals surface area (Å²) in [6.07, 6.45) is -1.08. The lowest BCUT2D eigenvalue weighted by Crippen LogP contribution is -2.18. The van der Waals surface area contributed by atoms with E-state index < -0.39 is 23.9 Å². The monoisotopic (exact) mass is 491 g/mol. The maximum absolute atomic E-state index is 13.0. The molecule has 26 heavy (non-hydrogen) atoms. The number of hydrogen-bond donors (Lipinski definition) is 2. The zero-order valence-electron chi connectivity index (χ0n) is 13.5. The van der Waals surface area contributed by atoms with E-state index in [1.165, 1.54) is 10.7 Å². The lowest BCUT2D eigenvalue weighted by molar-refractivity contribution is 0.100. The van der Waals surface area contributed by atoms with Gasteiger partial charge in [-0.1, -0.05) is 0 Å². The highest BCUT2D eigenvalue weighted by molar-refractivity contribution is 14.1. The number of hydrogen-bond acceptors (Lipinski definition) is 5. The van der Waals surface area contributed by atoms with Gasteiger partial charge in [0.2, 0.25) is 0 Å². The first kappa shape index (κ1) is 18.6. The van der Waals surface area contributed by atoms with E-state index in [4.69, 9.17) is 5.73 Å². The van der Waals surface area contributed by atoms with Crippen molar-refractivity contribution in [2.75, 3.05) is 5.32 Å². The van der Waals surface area contributed by atoms with Crippen LogP contribution in [-0.4, -0.2) is 26.6 Å². The summed E-state index contributed by atoms with van der Waals surface area (Å²) in [7, 11) is 1.67. The molecule has 0 spiro atoms. The van der Waals surface area contributed by atoms with Gasteiger partial charge in [-0.2, -0.15) is 5.10 Å². The molecule has 0 aromatic carbocycles. The van der Waals surface area contributed by atoms with Crippen molar-refractivity contribution in [1.82, 2.24) is 14.8 Å². The molecule has 136 valence electrons. The maximum atomic E-state index is 13.0. The predicted molar refractivity (Wildman–Crippen MR) is 102 cm³/mol. The summed E-state index contributed by atoms with van der Waals surface area (Å²) in [5.74, 6) is -1.31. The Balaban J connectivity index is 2.14. The third-order valence-corrected chi connectivity index (χ3v) is 5.45. The molecule has 0 atom stereocenters. The lowest BCUT2D eigenvalue weighted by Gasteiger charge is -2.07. The fraction of sp³-hybridized carbons (Fsp3) is 0.200. The number of primary amides is 1. The Morgan fingerprint density at radius 2 is 2.12 bits per heavy atom. The topological polar surface area (TPSA) is 103 Å². The van der Waals surface area contributed by atoms with Crippen LogP contribution in [0.25, 0.3) is 10.2 Å². The van der Waals surface area contributed by atoms with Gasteiger partial charge >= 0.3 is 0 Å². The van der Waals surface area contributed by atoms with Crippen LogP contribution in [0.5, 0.6) is 0 Å². The minimum atomic E-state index is -2.75. The molecule has 3 N–H and O–H groups in total. The number of aromatic nitrogens is 3. The number of anilines is 1. The van der Waals surface area contributed by atoms with E-state index in [1.807, 2.05) is 22.6 Å². The second-order valence-electron chi connectivity index (χ2n) is 5.47. The van der Waals surface area contributed by atoms with Gasteiger partial charge in [-0.3, -0.25) is 14.3 Å². The molecule has 0 saturated carbocycles. The Labute approximate surface area is 163 Å². The highest BCUT2D eigenvalue weighted by atomic mass is 127. The SMILES string of the molecule is Cc1cc(C(F)F)nc2sc(C(N)=O)c(NC(=O)c3nn(C)cc3I)c12. The molecule has 7 nitrogen and oxygen atoms in total. The van der Waals surface area contributed by atoms with Crippen LogP contribution in [0.2, 0.25) is 0 Å². The van der Waals surface area contributed by atoms with E-state index in [-0.39, 0.29) is 21.1 Å². The second-order valence-corrected chi connectivity index (χ2v) is 7.63. The highest BCUT2D eigenvalue weighted by Gasteiger charge is 2.24. The number of amides is 2. The number of rotatable bonds is 4. The first-order chi connectivity index (χ1) is 12.2. The summed E-state index contributed by atoms with van der Waals surface area (Å²) in [5.41, 5.74) is 5.80. The molecule has 3 heterocycles. The number of halogens is 3. The van der Waals surface area contributed by atoms with Crippen molar-refractivity contribution >= 4 is 61.6 Å². The molecular formula is C15H12F2IN5O2S. The van der Waals surface area contributed by atoms with Gasteiger partial charge in [0.1, 0.15) is 15.4 Å². The first-order valence-electron chi connectivity index (χ1n) is 7.21. The van der Waals surface area contributed by atoms with Gasteiger partial charge in [0.15, 0.2) is 5.69 Å². The minimum Gasteiger partial charge on any atom is -0.365 e. The van der Waals surface area contributed by atoms with Gasteiger partial charge in [0, 0.05) is 18.6 Å². The Kier molecular flexibility index (Phi) is 4.92. The average molecular weight is 491 g/mol. The quantitative estimate of drug-likeness (QED) is 0.548. The molecule has 0 bridgehead atoms. The van der Waals surface area contributed by atoms with Crippen molar-refractivity contribution in [3.05, 3.63) is 37.7 Å². The number of aryl methyl sites for hydroxylation is 2. The number of fused-ring (bicyclic) bond motifs is 1. The Hall–Kier alpha value is -2.15. The zero-order valence-corrected chi connectivity index (χ0v) is 16.5. The summed E-state index contributed by atoms with van der Waals surface area (Å²) in [4.78, 5) is 28.5. The molecule has 0 aliphatic heterocycles. The van der Waals surface area contributed by atoms with Crippen LogP contribution < -0.4 is 11.1 Å². The average Bonchev–Trinajstić information content (AvgIpc) is 3.07. The third-order valence-electron chi connectivity index (χ3n) is 3.56. The van der Waals surface area contributed by atoms with Crippen LogP contribution in [-0.2, 0) is 7.05 Å². The predicted octanol–water partition coefficient (Wildman–Crippen LogP) is 3.23. The van der Waals surface area contributed by atoms with Gasteiger partial charge < -0.3 is 11.1 Å². The van der Waals surface area contributed by atoms with Crippen molar-refractivity contribution in [2.24, 2.45) is 12.8 Å². The van der Waals surface area contributed by atoms with E-state index in [1.54, 1.807) is 20.2 Å². The largest absolute Gasteiger partial charge is 0.365 e. The molecular weight excluding hydrogens is 479 g/mol. The van der Waals surface area contributed by atoms with Crippen molar-refractivity contribution in [1.29, 1.82) is 0 Å². The Morgan fingerprint density at radius 3 is 2.65 bits per heavy atom. The maximum Gasteiger partial charge on any atom is 0.280 e. The van der Waals surface area contributed by atoms with Crippen LogP contribution in [0.1, 0.15) is 37.8 Å². The molecule has 0 unspecified atom stereocenters. The van der Waals surface area contributed by atoms with Crippen LogP contribution >= 0.6 is 33.9 Å². The Morgan fingerprint density at radius 1 is 1.42 bits per heavy atom. The number of nitrogens with zero attached hydrogens (tertiary/aromatic N) is 3. The van der Waals surface area contributed by atoms with Gasteiger partial charge in [0.25, 0.3) is 18.2 Å². The number of carbonyl (C=O) groups is 2. The van der Waals surface area contributed by atoms with Crippen LogP contribution in [0.15, 0.2) is 12.3 Å². The number of thiophene rings is 1.